The minimum atomic E-state index is 0.651. The van der Waals surface area contributed by atoms with E-state index in [0.29, 0.717) is 5.92 Å². The van der Waals surface area contributed by atoms with E-state index in [1.54, 1.807) is 0 Å². The highest BCUT2D eigenvalue weighted by Gasteiger charge is 2.29. The van der Waals surface area contributed by atoms with Gasteiger partial charge < -0.3 is 5.32 Å². The van der Waals surface area contributed by atoms with Gasteiger partial charge in [-0.15, -0.1) is 0 Å². The fourth-order valence-corrected chi connectivity index (χ4v) is 4.67. The van der Waals surface area contributed by atoms with Gasteiger partial charge in [-0.1, -0.05) is 19.3 Å². The molecule has 0 aliphatic heterocycles. The molecule has 0 amide bonds. The lowest BCUT2D eigenvalue weighted by Gasteiger charge is -2.20. The van der Waals surface area contributed by atoms with E-state index in [4.69, 9.17) is 4.98 Å². The summed E-state index contributed by atoms with van der Waals surface area (Å²) in [6.07, 6.45) is 9.50. The molecule has 3 nitrogen and oxygen atoms in total. The van der Waals surface area contributed by atoms with Crippen molar-refractivity contribution >= 4 is 33.5 Å². The number of hydrogen-bond donors (Lipinski definition) is 1. The van der Waals surface area contributed by atoms with Gasteiger partial charge in [-0.25, -0.2) is 9.97 Å². The Hall–Kier alpha value is -0.290. The van der Waals surface area contributed by atoms with Crippen molar-refractivity contribution in [2.24, 2.45) is 0 Å². The maximum Gasteiger partial charge on any atom is 0.144 e. The average Bonchev–Trinajstić information content (AvgIpc) is 3.32. The first kappa shape index (κ1) is 14.6. The molecule has 0 atom stereocenters. The number of halogens is 1. The van der Waals surface area contributed by atoms with Crippen LogP contribution in [0.5, 0.6) is 0 Å². The van der Waals surface area contributed by atoms with Gasteiger partial charge in [-0.05, 0) is 41.6 Å². The van der Waals surface area contributed by atoms with Crippen molar-refractivity contribution in [1.82, 2.24) is 9.97 Å². The van der Waals surface area contributed by atoms with Crippen LogP contribution < -0.4 is 5.32 Å². The summed E-state index contributed by atoms with van der Waals surface area (Å²) >= 11 is 5.70. The van der Waals surface area contributed by atoms with Crippen molar-refractivity contribution in [2.45, 2.75) is 61.9 Å². The number of thioether (sulfide) groups is 1. The van der Waals surface area contributed by atoms with Gasteiger partial charge in [0, 0.05) is 18.2 Å². The Morgan fingerprint density at radius 2 is 1.90 bits per heavy atom. The molecule has 1 aromatic rings. The van der Waals surface area contributed by atoms with Crippen LogP contribution in [0.1, 0.15) is 62.4 Å². The zero-order valence-electron chi connectivity index (χ0n) is 12.0. The summed E-state index contributed by atoms with van der Waals surface area (Å²) in [6, 6.07) is 0. The lowest BCUT2D eigenvalue weighted by molar-refractivity contribution is 0.516. The molecule has 2 aliphatic carbocycles. The first-order chi connectivity index (χ1) is 9.78. The van der Waals surface area contributed by atoms with Gasteiger partial charge in [0.15, 0.2) is 0 Å². The van der Waals surface area contributed by atoms with Crippen LogP contribution in [0.4, 0.5) is 5.82 Å². The Labute approximate surface area is 133 Å². The van der Waals surface area contributed by atoms with Crippen molar-refractivity contribution in [3.8, 4) is 0 Å². The van der Waals surface area contributed by atoms with Crippen molar-refractivity contribution in [1.29, 1.82) is 0 Å². The van der Waals surface area contributed by atoms with Gasteiger partial charge in [0.2, 0.25) is 0 Å². The van der Waals surface area contributed by atoms with Crippen LogP contribution in [0.2, 0.25) is 0 Å². The first-order valence-corrected chi connectivity index (χ1v) is 9.47. The fraction of sp³-hybridized carbons (Fsp3) is 0.733. The molecule has 3 rings (SSSR count). The Bertz CT molecular complexity index is 470. The molecule has 2 aliphatic rings. The average molecular weight is 356 g/mol. The van der Waals surface area contributed by atoms with E-state index in [2.05, 4.69) is 26.2 Å². The van der Waals surface area contributed by atoms with Gasteiger partial charge in [0.25, 0.3) is 0 Å². The first-order valence-electron chi connectivity index (χ1n) is 7.63. The summed E-state index contributed by atoms with van der Waals surface area (Å²) in [5.41, 5.74) is 1.21. The monoisotopic (exact) mass is 355 g/mol. The van der Waals surface area contributed by atoms with Gasteiger partial charge in [0.1, 0.15) is 11.6 Å². The molecular formula is C15H22BrN3S. The van der Waals surface area contributed by atoms with E-state index < -0.39 is 0 Å². The number of hydrogen-bond acceptors (Lipinski definition) is 4. The second kappa shape index (κ2) is 6.65. The van der Waals surface area contributed by atoms with Crippen molar-refractivity contribution in [2.75, 3.05) is 12.4 Å². The molecular weight excluding hydrogens is 334 g/mol. The highest BCUT2D eigenvalue weighted by molar-refractivity contribution is 9.10. The highest BCUT2D eigenvalue weighted by Crippen LogP contribution is 2.44. The minimum absolute atomic E-state index is 0.651. The van der Waals surface area contributed by atoms with Gasteiger partial charge in [-0.2, -0.15) is 11.8 Å². The number of anilines is 1. The molecule has 0 saturated heterocycles. The largest absolute Gasteiger partial charge is 0.372 e. The molecule has 0 unspecified atom stereocenters. The second-order valence-electron chi connectivity index (χ2n) is 5.78. The van der Waals surface area contributed by atoms with E-state index in [0.717, 1.165) is 27.1 Å². The van der Waals surface area contributed by atoms with E-state index in [-0.39, 0.29) is 0 Å². The molecule has 0 aromatic carbocycles. The third-order valence-corrected chi connectivity index (χ3v) is 6.27. The van der Waals surface area contributed by atoms with Crippen LogP contribution in [0.3, 0.4) is 0 Å². The van der Waals surface area contributed by atoms with Crippen molar-refractivity contribution in [3.05, 3.63) is 16.0 Å². The summed E-state index contributed by atoms with van der Waals surface area (Å²) in [7, 11) is 1.93. The predicted molar refractivity (Wildman–Crippen MR) is 89.4 cm³/mol. The molecule has 20 heavy (non-hydrogen) atoms. The Morgan fingerprint density at radius 3 is 2.55 bits per heavy atom. The van der Waals surface area contributed by atoms with Crippen LogP contribution in [-0.2, 0) is 5.75 Å². The van der Waals surface area contributed by atoms with Crippen LogP contribution in [0.25, 0.3) is 0 Å². The van der Waals surface area contributed by atoms with E-state index in [1.165, 1.54) is 50.6 Å². The topological polar surface area (TPSA) is 37.8 Å². The zero-order valence-corrected chi connectivity index (χ0v) is 14.4. The minimum Gasteiger partial charge on any atom is -0.372 e. The molecule has 1 heterocycles. The van der Waals surface area contributed by atoms with Crippen LogP contribution in [-0.4, -0.2) is 22.3 Å². The van der Waals surface area contributed by atoms with Gasteiger partial charge >= 0.3 is 0 Å². The third kappa shape index (κ3) is 3.48. The third-order valence-electron chi connectivity index (χ3n) is 4.12. The smallest absolute Gasteiger partial charge is 0.144 e. The molecule has 5 heteroatoms. The molecule has 0 radical (unpaired) electrons. The van der Waals surface area contributed by atoms with Crippen LogP contribution in [0, 0.1) is 0 Å². The van der Waals surface area contributed by atoms with Crippen LogP contribution >= 0.6 is 27.7 Å². The highest BCUT2D eigenvalue weighted by atomic mass is 79.9. The molecule has 110 valence electrons. The summed E-state index contributed by atoms with van der Waals surface area (Å²) in [6.45, 7) is 0. The number of nitrogens with one attached hydrogen (secondary N) is 1. The molecule has 2 fully saturated rings. The van der Waals surface area contributed by atoms with Crippen molar-refractivity contribution < 1.29 is 0 Å². The maximum absolute atomic E-state index is 4.81. The zero-order chi connectivity index (χ0) is 13.9. The fourth-order valence-electron chi connectivity index (χ4n) is 2.79. The normalized spacial score (nSPS) is 20.1. The van der Waals surface area contributed by atoms with E-state index >= 15 is 0 Å². The Kier molecular flexibility index (Phi) is 4.87. The van der Waals surface area contributed by atoms with Gasteiger partial charge in [0.05, 0.1) is 15.9 Å². The second-order valence-corrected chi connectivity index (χ2v) is 7.86. The predicted octanol–water partition coefficient (Wildman–Crippen LogP) is 4.72. The molecule has 1 N–H and O–H groups in total. The van der Waals surface area contributed by atoms with E-state index in [9.17, 15) is 0 Å². The molecule has 0 bridgehead atoms. The van der Waals surface area contributed by atoms with Crippen LogP contribution in [0.15, 0.2) is 4.47 Å². The summed E-state index contributed by atoms with van der Waals surface area (Å²) in [5.74, 6) is 3.54. The van der Waals surface area contributed by atoms with E-state index in [1.807, 2.05) is 18.8 Å². The number of nitrogens with zero attached hydrogens (tertiary/aromatic N) is 2. The molecule has 1 aromatic heterocycles. The Balaban J connectivity index is 1.70. The lowest BCUT2D eigenvalue weighted by Crippen LogP contribution is -2.10. The summed E-state index contributed by atoms with van der Waals surface area (Å²) in [4.78, 5) is 9.46. The molecule has 0 spiro atoms. The Morgan fingerprint density at radius 1 is 1.15 bits per heavy atom. The molecule has 2 saturated carbocycles. The lowest BCUT2D eigenvalue weighted by atomic mass is 10.0. The number of aromatic nitrogens is 2. The maximum atomic E-state index is 4.81. The standard InChI is InChI=1S/C15H22BrN3S/c1-17-15-13(16)14(10-7-8-10)18-12(19-15)9-20-11-5-3-2-4-6-11/h10-11H,2-9H2,1H3,(H,17,18,19). The quantitative estimate of drug-likeness (QED) is 0.828. The summed E-state index contributed by atoms with van der Waals surface area (Å²) < 4.78 is 1.06. The van der Waals surface area contributed by atoms with Gasteiger partial charge in [-0.3, -0.25) is 0 Å². The summed E-state index contributed by atoms with van der Waals surface area (Å²) in [5, 5.41) is 4.01. The number of rotatable bonds is 5. The van der Waals surface area contributed by atoms with Crippen molar-refractivity contribution in [3.63, 3.8) is 0 Å². The SMILES string of the molecule is CNc1nc(CSC2CCCCC2)nc(C2CC2)c1Br.